The van der Waals surface area contributed by atoms with Crippen LogP contribution in [0.5, 0.6) is 0 Å². The van der Waals surface area contributed by atoms with Crippen molar-refractivity contribution in [2.75, 3.05) is 19.8 Å². The van der Waals surface area contributed by atoms with E-state index in [1.807, 2.05) is 6.92 Å². The van der Waals surface area contributed by atoms with E-state index in [0.29, 0.717) is 19.8 Å². The van der Waals surface area contributed by atoms with Crippen molar-refractivity contribution in [1.29, 1.82) is 0 Å². The molecular formula is C10H18O3. The van der Waals surface area contributed by atoms with Gasteiger partial charge < -0.3 is 9.47 Å². The minimum atomic E-state index is -0.310. The third-order valence-electron chi connectivity index (χ3n) is 2.34. The Labute approximate surface area is 79.4 Å². The molecule has 1 aliphatic rings. The number of rotatable bonds is 4. The summed E-state index contributed by atoms with van der Waals surface area (Å²) in [5, 5.41) is 0. The first-order valence-corrected chi connectivity index (χ1v) is 4.98. The molecule has 0 radical (unpaired) electrons. The highest BCUT2D eigenvalue weighted by molar-refractivity contribution is 5.85. The number of carbonyl (C=O) groups excluding carboxylic acids is 1. The lowest BCUT2D eigenvalue weighted by atomic mass is 9.97. The number of hydrogen-bond donors (Lipinski definition) is 0. The van der Waals surface area contributed by atoms with Crippen LogP contribution >= 0.6 is 0 Å². The zero-order chi connectivity index (χ0) is 9.68. The van der Waals surface area contributed by atoms with Gasteiger partial charge in [-0.15, -0.1) is 0 Å². The maximum absolute atomic E-state index is 11.7. The number of ketones is 1. The van der Waals surface area contributed by atoms with Gasteiger partial charge in [0.15, 0.2) is 5.78 Å². The van der Waals surface area contributed by atoms with Crippen LogP contribution in [-0.2, 0) is 14.3 Å². The molecule has 0 aromatic carbocycles. The smallest absolute Gasteiger partial charge is 0.166 e. The summed E-state index contributed by atoms with van der Waals surface area (Å²) in [4.78, 5) is 11.7. The van der Waals surface area contributed by atoms with Crippen molar-refractivity contribution in [2.24, 2.45) is 5.92 Å². The van der Waals surface area contributed by atoms with Crippen molar-refractivity contribution in [3.05, 3.63) is 0 Å². The summed E-state index contributed by atoms with van der Waals surface area (Å²) in [6.07, 6.45) is 1.68. The Bertz CT molecular complexity index is 162. The number of hydrogen-bond acceptors (Lipinski definition) is 3. The second-order valence-corrected chi connectivity index (χ2v) is 3.53. The van der Waals surface area contributed by atoms with E-state index in [2.05, 4.69) is 6.92 Å². The van der Waals surface area contributed by atoms with E-state index in [1.54, 1.807) is 0 Å². The molecule has 1 heterocycles. The Balaban J connectivity index is 2.36. The van der Waals surface area contributed by atoms with E-state index in [0.717, 1.165) is 12.8 Å². The van der Waals surface area contributed by atoms with Crippen LogP contribution < -0.4 is 0 Å². The number of Topliss-reactive ketones (excluding diaryl/α,β-unsaturated/α-hetero) is 1. The van der Waals surface area contributed by atoms with Gasteiger partial charge in [0.25, 0.3) is 0 Å². The van der Waals surface area contributed by atoms with Crippen molar-refractivity contribution < 1.29 is 14.3 Å². The Kier molecular flexibility index (Phi) is 4.39. The molecule has 1 fully saturated rings. The topological polar surface area (TPSA) is 35.5 Å². The average Bonchev–Trinajstić information content (AvgIpc) is 2.18. The van der Waals surface area contributed by atoms with Crippen LogP contribution in [0.2, 0.25) is 0 Å². The van der Waals surface area contributed by atoms with E-state index >= 15 is 0 Å². The highest BCUT2D eigenvalue weighted by Crippen LogP contribution is 2.13. The lowest BCUT2D eigenvalue weighted by molar-refractivity contribution is -0.149. The Morgan fingerprint density at radius 3 is 2.85 bits per heavy atom. The van der Waals surface area contributed by atoms with E-state index in [1.165, 1.54) is 0 Å². The van der Waals surface area contributed by atoms with Gasteiger partial charge in [-0.1, -0.05) is 20.3 Å². The molecule has 1 saturated heterocycles. The lowest BCUT2D eigenvalue weighted by Gasteiger charge is -2.24. The summed E-state index contributed by atoms with van der Waals surface area (Å²) in [6, 6.07) is 0. The maximum atomic E-state index is 11.7. The first kappa shape index (κ1) is 10.7. The molecule has 76 valence electrons. The second-order valence-electron chi connectivity index (χ2n) is 3.53. The summed E-state index contributed by atoms with van der Waals surface area (Å²) in [7, 11) is 0. The molecule has 1 rings (SSSR count). The monoisotopic (exact) mass is 186 g/mol. The molecule has 0 bridgehead atoms. The third-order valence-corrected chi connectivity index (χ3v) is 2.34. The standard InChI is InChI=1S/C10H18O3/c1-3-4-8(2)10(11)9-7-12-5-6-13-9/h8-9H,3-7H2,1-2H3. The van der Waals surface area contributed by atoms with Crippen LogP contribution in [0.3, 0.4) is 0 Å². The molecule has 0 aromatic heterocycles. The maximum Gasteiger partial charge on any atom is 0.166 e. The zero-order valence-electron chi connectivity index (χ0n) is 8.41. The van der Waals surface area contributed by atoms with Crippen molar-refractivity contribution in [3.8, 4) is 0 Å². The zero-order valence-corrected chi connectivity index (χ0v) is 8.41. The van der Waals surface area contributed by atoms with Gasteiger partial charge >= 0.3 is 0 Å². The first-order chi connectivity index (χ1) is 6.25. The molecule has 0 spiro atoms. The Morgan fingerprint density at radius 2 is 2.31 bits per heavy atom. The van der Waals surface area contributed by atoms with Crippen molar-refractivity contribution >= 4 is 5.78 Å². The fourth-order valence-electron chi connectivity index (χ4n) is 1.54. The van der Waals surface area contributed by atoms with Crippen LogP contribution in [0.1, 0.15) is 26.7 Å². The predicted molar refractivity (Wildman–Crippen MR) is 49.6 cm³/mol. The van der Waals surface area contributed by atoms with E-state index < -0.39 is 0 Å². The lowest BCUT2D eigenvalue weighted by Crippen LogP contribution is -2.38. The van der Waals surface area contributed by atoms with Crippen molar-refractivity contribution in [3.63, 3.8) is 0 Å². The van der Waals surface area contributed by atoms with E-state index in [9.17, 15) is 4.79 Å². The molecule has 0 amide bonds. The van der Waals surface area contributed by atoms with Crippen LogP contribution in [0.15, 0.2) is 0 Å². The van der Waals surface area contributed by atoms with Crippen LogP contribution in [-0.4, -0.2) is 31.7 Å². The molecule has 3 nitrogen and oxygen atoms in total. The Morgan fingerprint density at radius 1 is 1.54 bits per heavy atom. The molecule has 0 aromatic rings. The minimum absolute atomic E-state index is 0.108. The molecule has 2 atom stereocenters. The van der Waals surface area contributed by atoms with Crippen LogP contribution in [0, 0.1) is 5.92 Å². The molecule has 13 heavy (non-hydrogen) atoms. The number of carbonyl (C=O) groups is 1. The van der Waals surface area contributed by atoms with E-state index in [4.69, 9.17) is 9.47 Å². The van der Waals surface area contributed by atoms with Gasteiger partial charge in [-0.3, -0.25) is 4.79 Å². The highest BCUT2D eigenvalue weighted by Gasteiger charge is 2.26. The van der Waals surface area contributed by atoms with Crippen molar-refractivity contribution in [1.82, 2.24) is 0 Å². The van der Waals surface area contributed by atoms with Gasteiger partial charge in [-0.2, -0.15) is 0 Å². The fraction of sp³-hybridized carbons (Fsp3) is 0.900. The normalized spacial score (nSPS) is 25.5. The summed E-state index contributed by atoms with van der Waals surface area (Å²) < 4.78 is 10.5. The summed E-state index contributed by atoms with van der Waals surface area (Å²) in [6.45, 7) is 5.65. The second kappa shape index (κ2) is 5.35. The molecular weight excluding hydrogens is 168 g/mol. The van der Waals surface area contributed by atoms with Gasteiger partial charge in [0.2, 0.25) is 0 Å². The van der Waals surface area contributed by atoms with Gasteiger partial charge in [0, 0.05) is 5.92 Å². The van der Waals surface area contributed by atoms with Gasteiger partial charge in [-0.25, -0.2) is 0 Å². The summed E-state index contributed by atoms with van der Waals surface area (Å²) >= 11 is 0. The summed E-state index contributed by atoms with van der Waals surface area (Å²) in [5.41, 5.74) is 0. The SMILES string of the molecule is CCCC(C)C(=O)C1COCCO1. The Hall–Kier alpha value is -0.410. The average molecular weight is 186 g/mol. The molecule has 0 saturated carbocycles. The molecule has 2 unspecified atom stereocenters. The van der Waals surface area contributed by atoms with Crippen LogP contribution in [0.4, 0.5) is 0 Å². The summed E-state index contributed by atoms with van der Waals surface area (Å²) in [5.74, 6) is 0.304. The van der Waals surface area contributed by atoms with E-state index in [-0.39, 0.29) is 17.8 Å². The number of ether oxygens (including phenoxy) is 2. The largest absolute Gasteiger partial charge is 0.376 e. The van der Waals surface area contributed by atoms with Crippen LogP contribution in [0.25, 0.3) is 0 Å². The third kappa shape index (κ3) is 3.08. The predicted octanol–water partition coefficient (Wildman–Crippen LogP) is 1.41. The van der Waals surface area contributed by atoms with Gasteiger partial charge in [0.1, 0.15) is 6.10 Å². The van der Waals surface area contributed by atoms with Gasteiger partial charge in [-0.05, 0) is 6.42 Å². The molecule has 0 N–H and O–H groups in total. The molecule has 1 aliphatic heterocycles. The quantitative estimate of drug-likeness (QED) is 0.666. The first-order valence-electron chi connectivity index (χ1n) is 4.98. The van der Waals surface area contributed by atoms with Gasteiger partial charge in [0.05, 0.1) is 19.8 Å². The molecule has 3 heteroatoms. The molecule has 0 aliphatic carbocycles. The minimum Gasteiger partial charge on any atom is -0.376 e. The fourth-order valence-corrected chi connectivity index (χ4v) is 1.54. The van der Waals surface area contributed by atoms with Crippen molar-refractivity contribution in [2.45, 2.75) is 32.8 Å². The highest BCUT2D eigenvalue weighted by atomic mass is 16.6.